The van der Waals surface area contributed by atoms with Crippen molar-refractivity contribution in [1.82, 2.24) is 30.0 Å². The van der Waals surface area contributed by atoms with Gasteiger partial charge in [0.2, 0.25) is 0 Å². The minimum atomic E-state index is -1.09. The molecule has 0 saturated carbocycles. The quantitative estimate of drug-likeness (QED) is 0.0102. The number of ether oxygens (including phenoxy) is 3. The SMILES string of the molecule is CON=C(C(=O)NC1C(=O)N2C(C(=O)OC(c3ccccc3)c3ccccc3)=C(C=CSc3n[nH]c(=O)c(=O)n3CC(OC)OC)CSC12)c1csc(NC(c2ccccc2)(c2ccccc2)c2ccccc2)n1. The number of oxime groups is 1. The van der Waals surface area contributed by atoms with Gasteiger partial charge >= 0.3 is 17.1 Å². The largest absolute Gasteiger partial charge is 0.448 e. The number of β-lactam (4-membered cyclic amide) rings is 1. The van der Waals surface area contributed by atoms with Gasteiger partial charge in [-0.25, -0.2) is 14.9 Å². The number of rotatable bonds is 20. The van der Waals surface area contributed by atoms with Crippen LogP contribution in [0.3, 0.4) is 0 Å². The molecule has 17 nitrogen and oxygen atoms in total. The van der Waals surface area contributed by atoms with E-state index in [2.05, 4.69) is 26.0 Å². The zero-order valence-electron chi connectivity index (χ0n) is 40.0. The number of nitrogens with one attached hydrogen (secondary N) is 3. The number of hydrogen-bond donors (Lipinski definition) is 3. The molecule has 0 aliphatic carbocycles. The highest BCUT2D eigenvalue weighted by Crippen LogP contribution is 2.43. The number of nitrogens with zero attached hydrogens (tertiary/aromatic N) is 5. The summed E-state index contributed by atoms with van der Waals surface area (Å²) in [5.74, 6) is -1.90. The number of allylic oxidation sites excluding steroid dienone is 1. The van der Waals surface area contributed by atoms with Gasteiger partial charge in [-0.15, -0.1) is 28.2 Å². The normalized spacial score (nSPS) is 15.8. The van der Waals surface area contributed by atoms with Crippen LogP contribution in [0.4, 0.5) is 5.13 Å². The molecule has 74 heavy (non-hydrogen) atoms. The molecule has 376 valence electrons. The average Bonchev–Trinajstić information content (AvgIpc) is 3.92. The van der Waals surface area contributed by atoms with Crippen LogP contribution < -0.4 is 21.8 Å². The number of hydrogen-bond acceptors (Lipinski definition) is 16. The minimum absolute atomic E-state index is 0.0386. The molecule has 2 aromatic heterocycles. The Labute approximate surface area is 437 Å². The molecule has 1 fully saturated rings. The smallest absolute Gasteiger partial charge is 0.356 e. The molecule has 2 unspecified atom stereocenters. The summed E-state index contributed by atoms with van der Waals surface area (Å²) >= 11 is 3.58. The molecule has 0 spiro atoms. The Morgan fingerprint density at radius 1 is 0.824 bits per heavy atom. The van der Waals surface area contributed by atoms with Crippen molar-refractivity contribution < 1.29 is 33.4 Å². The Morgan fingerprint density at radius 2 is 1.38 bits per heavy atom. The lowest BCUT2D eigenvalue weighted by atomic mass is 9.77. The van der Waals surface area contributed by atoms with E-state index < -0.39 is 58.3 Å². The average molecular weight is 1050 g/mol. The third kappa shape index (κ3) is 10.6. The summed E-state index contributed by atoms with van der Waals surface area (Å²) in [6.45, 7) is -0.138. The van der Waals surface area contributed by atoms with E-state index in [9.17, 15) is 24.0 Å². The van der Waals surface area contributed by atoms with E-state index in [1.54, 1.807) is 16.9 Å². The Kier molecular flexibility index (Phi) is 16.1. The van der Waals surface area contributed by atoms with Crippen LogP contribution in [0.1, 0.15) is 39.6 Å². The number of aromatic amines is 1. The first-order chi connectivity index (χ1) is 36.1. The van der Waals surface area contributed by atoms with Gasteiger partial charge < -0.3 is 29.7 Å². The maximum absolute atomic E-state index is 14.8. The summed E-state index contributed by atoms with van der Waals surface area (Å²) in [5, 5.41) is 20.1. The number of aromatic nitrogens is 4. The molecule has 9 rings (SSSR count). The highest BCUT2D eigenvalue weighted by molar-refractivity contribution is 8.02. The minimum Gasteiger partial charge on any atom is -0.448 e. The van der Waals surface area contributed by atoms with Crippen molar-refractivity contribution in [2.45, 2.75) is 41.0 Å². The van der Waals surface area contributed by atoms with Crippen LogP contribution in [0.5, 0.6) is 0 Å². The number of anilines is 1. The van der Waals surface area contributed by atoms with E-state index in [1.807, 2.05) is 152 Å². The van der Waals surface area contributed by atoms with Crippen LogP contribution in [0.25, 0.3) is 0 Å². The number of benzene rings is 5. The van der Waals surface area contributed by atoms with E-state index in [-0.39, 0.29) is 34.6 Å². The highest BCUT2D eigenvalue weighted by atomic mass is 32.2. The summed E-state index contributed by atoms with van der Waals surface area (Å²) in [5.41, 5.74) is 1.96. The summed E-state index contributed by atoms with van der Waals surface area (Å²) in [4.78, 5) is 80.3. The van der Waals surface area contributed by atoms with Crippen molar-refractivity contribution in [1.29, 1.82) is 0 Å². The van der Waals surface area contributed by atoms with Gasteiger partial charge in [-0.2, -0.15) is 0 Å². The van der Waals surface area contributed by atoms with Crippen LogP contribution in [-0.4, -0.2) is 92.9 Å². The number of thiazole rings is 1. The van der Waals surface area contributed by atoms with Crippen molar-refractivity contribution in [2.24, 2.45) is 5.16 Å². The fourth-order valence-electron chi connectivity index (χ4n) is 8.63. The van der Waals surface area contributed by atoms with Gasteiger partial charge in [0.25, 0.3) is 11.8 Å². The van der Waals surface area contributed by atoms with Crippen molar-refractivity contribution in [3.63, 3.8) is 0 Å². The Morgan fingerprint density at radius 3 is 1.92 bits per heavy atom. The second kappa shape index (κ2) is 23.3. The second-order valence-electron chi connectivity index (χ2n) is 16.5. The Balaban J connectivity index is 1.01. The van der Waals surface area contributed by atoms with Crippen molar-refractivity contribution in [3.8, 4) is 0 Å². The molecule has 2 aliphatic heterocycles. The number of methoxy groups -OCH3 is 2. The van der Waals surface area contributed by atoms with Gasteiger partial charge in [-0.3, -0.25) is 28.6 Å². The maximum atomic E-state index is 14.8. The molecule has 2 amide bonds. The molecular weight excluding hydrogens is 1000 g/mol. The molecule has 3 N–H and O–H groups in total. The van der Waals surface area contributed by atoms with Crippen LogP contribution in [-0.2, 0) is 45.5 Å². The zero-order valence-corrected chi connectivity index (χ0v) is 42.5. The zero-order chi connectivity index (χ0) is 51.6. The first-order valence-electron chi connectivity index (χ1n) is 23.0. The van der Waals surface area contributed by atoms with E-state index in [0.29, 0.717) is 21.8 Å². The standard InChI is InChI=1S/C54H48N8O9S3/c1-68-41(69-2)31-61-49(66)47(64)58-59-53(61)72-30-29-36-32-73-50-43(48(65)62(50)44(36)51(67)71-45(34-19-9-4-10-20-34)35-21-11-5-12-22-35)56-46(63)42(60-70-3)40-33-74-52(55-40)57-54(37-23-13-6-14-24-37,38-25-15-7-16-26-38)39-27-17-8-18-28-39/h4-30,33,41,43,45,50H,31-32H2,1-3H3,(H,55,57)(H,56,63)(H,58,64). The number of carbonyl (C=O) groups excluding carboxylic acids is 3. The molecule has 20 heteroatoms. The van der Waals surface area contributed by atoms with Gasteiger partial charge in [0.1, 0.15) is 35.5 Å². The summed E-state index contributed by atoms with van der Waals surface area (Å²) in [7, 11) is 4.11. The number of amides is 2. The van der Waals surface area contributed by atoms with E-state index in [0.717, 1.165) is 33.0 Å². The fourth-order valence-corrected chi connectivity index (χ4v) is 11.4. The number of thioether (sulfide) groups is 2. The van der Waals surface area contributed by atoms with Crippen LogP contribution in [0.2, 0.25) is 0 Å². The molecule has 4 heterocycles. The first kappa shape index (κ1) is 51.0. The van der Waals surface area contributed by atoms with Gasteiger partial charge in [0.15, 0.2) is 28.4 Å². The Hall–Kier alpha value is -7.88. The number of H-pyrrole nitrogens is 1. The van der Waals surface area contributed by atoms with Crippen molar-refractivity contribution in [2.75, 3.05) is 32.4 Å². The first-order valence-corrected chi connectivity index (χ1v) is 25.9. The molecule has 1 saturated heterocycles. The lowest BCUT2D eigenvalue weighted by Crippen LogP contribution is -2.71. The molecule has 0 radical (unpaired) electrons. The van der Waals surface area contributed by atoms with Crippen LogP contribution >= 0.6 is 34.9 Å². The van der Waals surface area contributed by atoms with Crippen molar-refractivity contribution >= 4 is 63.5 Å². The summed E-state index contributed by atoms with van der Waals surface area (Å²) in [6.07, 6.45) is -0.0922. The van der Waals surface area contributed by atoms with Crippen LogP contribution in [0, 0.1) is 0 Å². The van der Waals surface area contributed by atoms with E-state index in [4.69, 9.17) is 24.0 Å². The van der Waals surface area contributed by atoms with Crippen molar-refractivity contribution in [3.05, 3.63) is 234 Å². The maximum Gasteiger partial charge on any atom is 0.356 e. The molecule has 7 aromatic rings. The molecule has 5 aromatic carbocycles. The number of fused-ring (bicyclic) bond motifs is 1. The molecule has 2 atom stereocenters. The molecular formula is C54H48N8O9S3. The Bertz CT molecular complexity index is 3180. The monoisotopic (exact) mass is 1050 g/mol. The molecule has 2 aliphatic rings. The number of carbonyl (C=O) groups is 3. The van der Waals surface area contributed by atoms with E-state index >= 15 is 0 Å². The highest BCUT2D eigenvalue weighted by Gasteiger charge is 2.55. The topological polar surface area (TPSA) is 208 Å². The van der Waals surface area contributed by atoms with Gasteiger partial charge in [0, 0.05) is 25.4 Å². The van der Waals surface area contributed by atoms with E-state index in [1.165, 1.54) is 49.3 Å². The third-order valence-corrected chi connectivity index (χ3v) is 15.0. The fraction of sp³-hybridized carbons (Fsp3) is 0.185. The summed E-state index contributed by atoms with van der Waals surface area (Å²) in [6, 6.07) is 47.4. The van der Waals surface area contributed by atoms with Gasteiger partial charge in [-0.05, 0) is 44.9 Å². The predicted molar refractivity (Wildman–Crippen MR) is 283 cm³/mol. The number of esters is 1. The second-order valence-corrected chi connectivity index (χ2v) is 19.4. The van der Waals surface area contributed by atoms with Gasteiger partial charge in [0.05, 0.1) is 6.54 Å². The molecule has 0 bridgehead atoms. The third-order valence-electron chi connectivity index (χ3n) is 12.2. The lowest BCUT2D eigenvalue weighted by molar-refractivity contribution is -0.154. The van der Waals surface area contributed by atoms with Gasteiger partial charge in [-0.1, -0.05) is 169 Å². The summed E-state index contributed by atoms with van der Waals surface area (Å²) < 4.78 is 18.0. The predicted octanol–water partition coefficient (Wildman–Crippen LogP) is 7.05. The van der Waals surface area contributed by atoms with Crippen LogP contribution in [0.15, 0.2) is 200 Å². The lowest BCUT2D eigenvalue weighted by Gasteiger charge is -2.49.